The maximum atomic E-state index is 13.3. The average molecular weight is 236 g/mol. The highest BCUT2D eigenvalue weighted by molar-refractivity contribution is 5.94. The molecule has 1 unspecified atom stereocenters. The van der Waals surface area contributed by atoms with Gasteiger partial charge in [0.2, 0.25) is 0 Å². The summed E-state index contributed by atoms with van der Waals surface area (Å²) in [6.45, 7) is 2.03. The van der Waals surface area contributed by atoms with Crippen molar-refractivity contribution in [1.82, 2.24) is 4.90 Å². The molecule has 0 saturated heterocycles. The van der Waals surface area contributed by atoms with Gasteiger partial charge in [0.25, 0.3) is 5.91 Å². The molecule has 1 aliphatic rings. The zero-order valence-electron chi connectivity index (χ0n) is 10.1. The molecule has 2 N–H and O–H groups in total. The van der Waals surface area contributed by atoms with Crippen LogP contribution in [0.4, 0.5) is 10.1 Å². The molecule has 0 radical (unpaired) electrons. The first-order chi connectivity index (χ1) is 8.00. The molecule has 1 saturated carbocycles. The van der Waals surface area contributed by atoms with E-state index in [0.717, 1.165) is 0 Å². The van der Waals surface area contributed by atoms with E-state index in [2.05, 4.69) is 0 Å². The van der Waals surface area contributed by atoms with Gasteiger partial charge in [0.1, 0.15) is 5.82 Å². The summed E-state index contributed by atoms with van der Waals surface area (Å²) in [6.07, 6.45) is 2.35. The molecule has 0 aliphatic heterocycles. The first-order valence-electron chi connectivity index (χ1n) is 5.83. The number of nitrogens with two attached hydrogens (primary N) is 1. The van der Waals surface area contributed by atoms with Gasteiger partial charge in [-0.25, -0.2) is 4.39 Å². The second-order valence-electron chi connectivity index (χ2n) is 4.73. The zero-order valence-corrected chi connectivity index (χ0v) is 10.1. The van der Waals surface area contributed by atoms with Gasteiger partial charge < -0.3 is 10.6 Å². The summed E-state index contributed by atoms with van der Waals surface area (Å²) in [5, 5.41) is 0. The summed E-state index contributed by atoms with van der Waals surface area (Å²) in [5.74, 6) is -0.0887. The highest BCUT2D eigenvalue weighted by atomic mass is 19.1. The molecular weight excluding hydrogens is 219 g/mol. The van der Waals surface area contributed by atoms with Crippen LogP contribution in [0.5, 0.6) is 0 Å². The standard InChI is InChI=1S/C13H17FN2O/c1-8(9-3-4-9)16(2)13(17)10-5-6-12(15)11(14)7-10/h5-9H,3-4,15H2,1-2H3. The Morgan fingerprint density at radius 2 is 2.18 bits per heavy atom. The molecule has 0 heterocycles. The molecule has 17 heavy (non-hydrogen) atoms. The Balaban J connectivity index is 2.15. The first-order valence-corrected chi connectivity index (χ1v) is 5.83. The zero-order chi connectivity index (χ0) is 12.6. The van der Waals surface area contributed by atoms with Gasteiger partial charge in [0.15, 0.2) is 0 Å². The summed E-state index contributed by atoms with van der Waals surface area (Å²) >= 11 is 0. The normalized spacial score (nSPS) is 16.6. The Bertz CT molecular complexity index is 443. The van der Waals surface area contributed by atoms with Crippen molar-refractivity contribution in [2.24, 2.45) is 5.92 Å². The van der Waals surface area contributed by atoms with Crippen LogP contribution in [0.1, 0.15) is 30.1 Å². The van der Waals surface area contributed by atoms with Crippen LogP contribution in [0.25, 0.3) is 0 Å². The van der Waals surface area contributed by atoms with Crippen LogP contribution in [0.15, 0.2) is 18.2 Å². The van der Waals surface area contributed by atoms with Crippen molar-refractivity contribution in [2.45, 2.75) is 25.8 Å². The summed E-state index contributed by atoms with van der Waals surface area (Å²) in [5.41, 5.74) is 5.81. The smallest absolute Gasteiger partial charge is 0.253 e. The van der Waals surface area contributed by atoms with Gasteiger partial charge in [0.05, 0.1) is 5.69 Å². The van der Waals surface area contributed by atoms with E-state index in [1.807, 2.05) is 6.92 Å². The molecule has 0 aromatic heterocycles. The minimum atomic E-state index is -0.539. The van der Waals surface area contributed by atoms with E-state index in [1.54, 1.807) is 18.0 Å². The predicted octanol–water partition coefficient (Wildman–Crippen LogP) is 2.28. The number of carbonyl (C=O) groups is 1. The molecule has 2 rings (SSSR count). The monoisotopic (exact) mass is 236 g/mol. The number of rotatable bonds is 3. The highest BCUT2D eigenvalue weighted by Crippen LogP contribution is 2.35. The molecule has 3 nitrogen and oxygen atoms in total. The van der Waals surface area contributed by atoms with Crippen molar-refractivity contribution in [1.29, 1.82) is 0 Å². The van der Waals surface area contributed by atoms with E-state index < -0.39 is 5.82 Å². The second-order valence-corrected chi connectivity index (χ2v) is 4.73. The number of amides is 1. The number of benzene rings is 1. The minimum absolute atomic E-state index is 0.0689. The topological polar surface area (TPSA) is 46.3 Å². The molecule has 1 aromatic rings. The van der Waals surface area contributed by atoms with E-state index in [4.69, 9.17) is 5.73 Å². The molecule has 4 heteroatoms. The van der Waals surface area contributed by atoms with Crippen LogP contribution >= 0.6 is 0 Å². The largest absolute Gasteiger partial charge is 0.396 e. The summed E-state index contributed by atoms with van der Waals surface area (Å²) in [6, 6.07) is 4.41. The molecule has 1 amide bonds. The van der Waals surface area contributed by atoms with Gasteiger partial charge in [-0.1, -0.05) is 0 Å². The van der Waals surface area contributed by atoms with Gasteiger partial charge in [-0.05, 0) is 43.9 Å². The van der Waals surface area contributed by atoms with Crippen LogP contribution in [-0.4, -0.2) is 23.9 Å². The van der Waals surface area contributed by atoms with Crippen molar-refractivity contribution in [3.8, 4) is 0 Å². The van der Waals surface area contributed by atoms with Gasteiger partial charge in [-0.2, -0.15) is 0 Å². The lowest BCUT2D eigenvalue weighted by molar-refractivity contribution is 0.0727. The van der Waals surface area contributed by atoms with E-state index in [9.17, 15) is 9.18 Å². The van der Waals surface area contributed by atoms with Crippen LogP contribution < -0.4 is 5.73 Å². The Labute approximate surface area is 100 Å². The number of halogens is 1. The maximum Gasteiger partial charge on any atom is 0.253 e. The average Bonchev–Trinajstić information content (AvgIpc) is 3.14. The highest BCUT2D eigenvalue weighted by Gasteiger charge is 2.32. The lowest BCUT2D eigenvalue weighted by Gasteiger charge is -2.25. The number of hydrogen-bond donors (Lipinski definition) is 1. The fourth-order valence-corrected chi connectivity index (χ4v) is 1.94. The third-order valence-corrected chi connectivity index (χ3v) is 3.48. The van der Waals surface area contributed by atoms with Crippen LogP contribution in [0.2, 0.25) is 0 Å². The lowest BCUT2D eigenvalue weighted by atomic mass is 10.1. The van der Waals surface area contributed by atoms with E-state index in [0.29, 0.717) is 11.5 Å². The number of nitrogen functional groups attached to an aromatic ring is 1. The molecule has 1 aromatic carbocycles. The van der Waals surface area contributed by atoms with E-state index in [1.165, 1.54) is 25.0 Å². The van der Waals surface area contributed by atoms with Crippen molar-refractivity contribution in [2.75, 3.05) is 12.8 Å². The molecule has 0 spiro atoms. The van der Waals surface area contributed by atoms with E-state index >= 15 is 0 Å². The number of nitrogens with zero attached hydrogens (tertiary/aromatic N) is 1. The molecular formula is C13H17FN2O. The molecule has 1 aliphatic carbocycles. The predicted molar refractivity (Wildman–Crippen MR) is 65.1 cm³/mol. The van der Waals surface area contributed by atoms with Gasteiger partial charge >= 0.3 is 0 Å². The van der Waals surface area contributed by atoms with Crippen molar-refractivity contribution < 1.29 is 9.18 Å². The summed E-state index contributed by atoms with van der Waals surface area (Å²) < 4.78 is 13.3. The van der Waals surface area contributed by atoms with Gasteiger partial charge in [-0.15, -0.1) is 0 Å². The SMILES string of the molecule is CC(C1CC1)N(C)C(=O)c1ccc(N)c(F)c1. The maximum absolute atomic E-state index is 13.3. The lowest BCUT2D eigenvalue weighted by Crippen LogP contribution is -2.36. The fourth-order valence-electron chi connectivity index (χ4n) is 1.94. The van der Waals surface area contributed by atoms with Crippen LogP contribution in [0.3, 0.4) is 0 Å². The minimum Gasteiger partial charge on any atom is -0.396 e. The third-order valence-electron chi connectivity index (χ3n) is 3.48. The van der Waals surface area contributed by atoms with Crippen molar-refractivity contribution in [3.63, 3.8) is 0 Å². The summed E-state index contributed by atoms with van der Waals surface area (Å²) in [7, 11) is 1.76. The number of carbonyl (C=O) groups excluding carboxylic acids is 1. The van der Waals surface area contributed by atoms with Crippen molar-refractivity contribution in [3.05, 3.63) is 29.6 Å². The molecule has 1 fully saturated rings. The van der Waals surface area contributed by atoms with Crippen LogP contribution in [-0.2, 0) is 0 Å². The van der Waals surface area contributed by atoms with Gasteiger partial charge in [0, 0.05) is 18.7 Å². The Kier molecular flexibility index (Phi) is 3.05. The van der Waals surface area contributed by atoms with Gasteiger partial charge in [-0.3, -0.25) is 4.79 Å². The van der Waals surface area contributed by atoms with E-state index in [-0.39, 0.29) is 17.6 Å². The fraction of sp³-hybridized carbons (Fsp3) is 0.462. The Morgan fingerprint density at radius 3 is 2.71 bits per heavy atom. The molecule has 0 bridgehead atoms. The number of anilines is 1. The quantitative estimate of drug-likeness (QED) is 0.818. The Hall–Kier alpha value is -1.58. The second kappa shape index (κ2) is 4.35. The molecule has 92 valence electrons. The molecule has 1 atom stereocenters. The Morgan fingerprint density at radius 1 is 1.53 bits per heavy atom. The third kappa shape index (κ3) is 2.40. The summed E-state index contributed by atoms with van der Waals surface area (Å²) in [4.78, 5) is 13.8. The number of hydrogen-bond acceptors (Lipinski definition) is 2. The van der Waals surface area contributed by atoms with Crippen LogP contribution in [0, 0.1) is 11.7 Å². The first kappa shape index (κ1) is 11.9. The van der Waals surface area contributed by atoms with Crippen molar-refractivity contribution >= 4 is 11.6 Å².